The molecule has 39 heavy (non-hydrogen) atoms. The van der Waals surface area contributed by atoms with Crippen molar-refractivity contribution < 1.29 is 44.2 Å². The highest BCUT2D eigenvalue weighted by Gasteiger charge is 2.68. The number of cyclic esters (lactones) is 1. The van der Waals surface area contributed by atoms with Crippen molar-refractivity contribution in [2.45, 2.75) is 114 Å². The Kier molecular flexibility index (Phi) is 6.86. The number of methoxy groups -OCH3 is 1. The number of ether oxygens (including phenoxy) is 4. The summed E-state index contributed by atoms with van der Waals surface area (Å²) in [5.74, 6) is 0.0366. The Morgan fingerprint density at radius 1 is 1.05 bits per heavy atom. The van der Waals surface area contributed by atoms with Crippen LogP contribution < -0.4 is 0 Å². The molecule has 6 aliphatic rings. The standard InChI is InChI=1S/C30H44O9/c1-15-24(33)26(36-4)25(34)27(38-15)39-18-12-17-5-6-21-20(29(17,3)22(31)13-18)7-9-28(2)19(8-10-30(21,28)35)16-11-23(32)37-14-16/h11-12,15,18-22,24-27,31,33-35H,5-10,13-14H2,1-4H3/t15-,18-,19-,20+,21-,22-,24-,25-,26-,27-,28-,29+,30+/m1/s1. The van der Waals surface area contributed by atoms with Crippen LogP contribution in [0.2, 0.25) is 0 Å². The van der Waals surface area contributed by atoms with Crippen molar-refractivity contribution in [1.82, 2.24) is 0 Å². The highest BCUT2D eigenvalue weighted by molar-refractivity contribution is 5.85. The lowest BCUT2D eigenvalue weighted by atomic mass is 9.44. The van der Waals surface area contributed by atoms with Crippen LogP contribution in [0, 0.1) is 28.6 Å². The first-order chi connectivity index (χ1) is 18.4. The molecular formula is C30H44O9. The van der Waals surface area contributed by atoms with Gasteiger partial charge in [-0.2, -0.15) is 0 Å². The minimum absolute atomic E-state index is 0.0578. The van der Waals surface area contributed by atoms with E-state index in [1.807, 2.05) is 0 Å². The van der Waals surface area contributed by atoms with Crippen LogP contribution >= 0.6 is 0 Å². The summed E-state index contributed by atoms with van der Waals surface area (Å²) in [5.41, 5.74) is 0.495. The van der Waals surface area contributed by atoms with Gasteiger partial charge in [-0.25, -0.2) is 4.79 Å². The Bertz CT molecular complexity index is 1060. The third-order valence-electron chi connectivity index (χ3n) is 11.9. The Labute approximate surface area is 230 Å². The number of carbonyl (C=O) groups is 1. The van der Waals surface area contributed by atoms with Crippen LogP contribution in [-0.2, 0) is 23.7 Å². The second-order valence-corrected chi connectivity index (χ2v) is 13.3. The van der Waals surface area contributed by atoms with Gasteiger partial charge in [0.05, 0.1) is 23.9 Å². The second kappa shape index (κ2) is 9.61. The first kappa shape index (κ1) is 27.8. The predicted molar refractivity (Wildman–Crippen MR) is 139 cm³/mol. The molecule has 2 aliphatic heterocycles. The number of aliphatic hydroxyl groups is 4. The highest BCUT2D eigenvalue weighted by Crippen LogP contribution is 2.69. The molecule has 2 heterocycles. The molecule has 4 aliphatic carbocycles. The Hall–Kier alpha value is -1.33. The van der Waals surface area contributed by atoms with Crippen molar-refractivity contribution in [3.63, 3.8) is 0 Å². The summed E-state index contributed by atoms with van der Waals surface area (Å²) in [6, 6.07) is 0. The maximum absolute atomic E-state index is 12.4. The Morgan fingerprint density at radius 3 is 2.51 bits per heavy atom. The van der Waals surface area contributed by atoms with Crippen LogP contribution in [0.5, 0.6) is 0 Å². The minimum atomic E-state index is -1.16. The van der Waals surface area contributed by atoms with E-state index in [1.165, 1.54) is 7.11 Å². The minimum Gasteiger partial charge on any atom is -0.458 e. The number of rotatable bonds is 4. The van der Waals surface area contributed by atoms with Crippen molar-refractivity contribution in [2.24, 2.45) is 28.6 Å². The molecule has 0 amide bonds. The summed E-state index contributed by atoms with van der Waals surface area (Å²) in [4.78, 5) is 11.8. The monoisotopic (exact) mass is 548 g/mol. The third-order valence-corrected chi connectivity index (χ3v) is 11.9. The van der Waals surface area contributed by atoms with Gasteiger partial charge in [-0.1, -0.05) is 25.5 Å². The first-order valence-electron chi connectivity index (χ1n) is 14.6. The molecule has 218 valence electrons. The van der Waals surface area contributed by atoms with E-state index < -0.39 is 53.9 Å². The summed E-state index contributed by atoms with van der Waals surface area (Å²) >= 11 is 0. The van der Waals surface area contributed by atoms with E-state index in [4.69, 9.17) is 18.9 Å². The van der Waals surface area contributed by atoms with Crippen molar-refractivity contribution in [3.05, 3.63) is 23.3 Å². The molecule has 6 rings (SSSR count). The molecule has 4 N–H and O–H groups in total. The van der Waals surface area contributed by atoms with E-state index in [0.717, 1.165) is 43.3 Å². The zero-order chi connectivity index (χ0) is 27.9. The highest BCUT2D eigenvalue weighted by atomic mass is 16.7. The lowest BCUT2D eigenvalue weighted by molar-refractivity contribution is -0.306. The van der Waals surface area contributed by atoms with Gasteiger partial charge in [0.15, 0.2) is 6.29 Å². The molecule has 1 saturated heterocycles. The van der Waals surface area contributed by atoms with Gasteiger partial charge < -0.3 is 39.4 Å². The van der Waals surface area contributed by atoms with Gasteiger partial charge >= 0.3 is 5.97 Å². The van der Waals surface area contributed by atoms with Crippen LogP contribution in [0.1, 0.15) is 65.7 Å². The Balaban J connectivity index is 1.23. The van der Waals surface area contributed by atoms with E-state index in [2.05, 4.69) is 19.9 Å². The smallest absolute Gasteiger partial charge is 0.331 e. The zero-order valence-corrected chi connectivity index (χ0v) is 23.4. The van der Waals surface area contributed by atoms with E-state index in [-0.39, 0.29) is 29.1 Å². The fourth-order valence-electron chi connectivity index (χ4n) is 9.56. The third kappa shape index (κ3) is 3.95. The van der Waals surface area contributed by atoms with Gasteiger partial charge in [0.1, 0.15) is 24.9 Å². The van der Waals surface area contributed by atoms with Crippen LogP contribution in [-0.4, -0.2) is 88.6 Å². The normalized spacial score (nSPS) is 53.3. The van der Waals surface area contributed by atoms with Gasteiger partial charge in [0, 0.05) is 30.4 Å². The van der Waals surface area contributed by atoms with E-state index in [9.17, 15) is 25.2 Å². The number of aliphatic hydroxyl groups excluding tert-OH is 3. The van der Waals surface area contributed by atoms with Gasteiger partial charge in [0.25, 0.3) is 0 Å². The molecule has 4 fully saturated rings. The van der Waals surface area contributed by atoms with Gasteiger partial charge in [-0.15, -0.1) is 0 Å². The molecule has 0 bridgehead atoms. The number of carbonyl (C=O) groups excluding carboxylic acids is 1. The van der Waals surface area contributed by atoms with Crippen molar-refractivity contribution in [3.8, 4) is 0 Å². The maximum Gasteiger partial charge on any atom is 0.331 e. The van der Waals surface area contributed by atoms with Gasteiger partial charge in [-0.3, -0.25) is 0 Å². The SMILES string of the molecule is CO[C@H]1[C@@H](O)[C@@H](O[C@@H]2C=C3CC[C@@H]4[C@H](CC[C@]5(C)[C@@H](C6=CC(=O)OC6)CC[C@]45O)[C@@]3(C)[C@H](O)C2)O[C@H](C)[C@H]1O. The first-order valence-corrected chi connectivity index (χ1v) is 14.6. The fourth-order valence-corrected chi connectivity index (χ4v) is 9.56. The summed E-state index contributed by atoms with van der Waals surface area (Å²) < 4.78 is 22.5. The summed E-state index contributed by atoms with van der Waals surface area (Å²) in [6.07, 6.45) is 3.33. The molecule has 9 heteroatoms. The zero-order valence-electron chi connectivity index (χ0n) is 23.4. The van der Waals surface area contributed by atoms with Crippen LogP contribution in [0.4, 0.5) is 0 Å². The number of esters is 1. The molecule has 9 nitrogen and oxygen atoms in total. The predicted octanol–water partition coefficient (Wildman–Crippen LogP) is 2.00. The van der Waals surface area contributed by atoms with Gasteiger partial charge in [-0.05, 0) is 68.8 Å². The van der Waals surface area contributed by atoms with Crippen molar-refractivity contribution >= 4 is 5.97 Å². The molecule has 0 aromatic carbocycles. The average molecular weight is 549 g/mol. The lowest BCUT2D eigenvalue weighted by Gasteiger charge is -2.62. The molecule has 0 unspecified atom stereocenters. The summed E-state index contributed by atoms with van der Waals surface area (Å²) in [5, 5.41) is 45.1. The fraction of sp³-hybridized carbons (Fsp3) is 0.833. The number of hydrogen-bond donors (Lipinski definition) is 4. The molecule has 0 spiro atoms. The molecule has 13 atom stereocenters. The molecule has 0 aromatic rings. The Morgan fingerprint density at radius 2 is 1.82 bits per heavy atom. The largest absolute Gasteiger partial charge is 0.458 e. The van der Waals surface area contributed by atoms with E-state index in [0.29, 0.717) is 19.4 Å². The van der Waals surface area contributed by atoms with Crippen LogP contribution in [0.25, 0.3) is 0 Å². The van der Waals surface area contributed by atoms with Crippen molar-refractivity contribution in [1.29, 1.82) is 0 Å². The average Bonchev–Trinajstić information content (AvgIpc) is 3.43. The van der Waals surface area contributed by atoms with Gasteiger partial charge in [0.2, 0.25) is 0 Å². The number of fused-ring (bicyclic) bond motifs is 5. The molecule has 3 saturated carbocycles. The lowest BCUT2D eigenvalue weighted by Crippen LogP contribution is -2.63. The quantitative estimate of drug-likeness (QED) is 0.307. The van der Waals surface area contributed by atoms with Crippen LogP contribution in [0.15, 0.2) is 23.3 Å². The summed E-state index contributed by atoms with van der Waals surface area (Å²) in [7, 11) is 1.44. The topological polar surface area (TPSA) is 135 Å². The molecule has 0 aromatic heterocycles. The summed E-state index contributed by atoms with van der Waals surface area (Å²) in [6.45, 7) is 6.39. The maximum atomic E-state index is 12.4. The van der Waals surface area contributed by atoms with Crippen molar-refractivity contribution in [2.75, 3.05) is 13.7 Å². The molecular weight excluding hydrogens is 504 g/mol. The number of hydrogen-bond acceptors (Lipinski definition) is 9. The van der Waals surface area contributed by atoms with E-state index in [1.54, 1.807) is 13.0 Å². The molecule has 0 radical (unpaired) electrons. The van der Waals surface area contributed by atoms with E-state index >= 15 is 0 Å². The second-order valence-electron chi connectivity index (χ2n) is 13.3. The van der Waals surface area contributed by atoms with Crippen LogP contribution in [0.3, 0.4) is 0 Å².